The van der Waals surface area contributed by atoms with Crippen LogP contribution in [0.25, 0.3) is 0 Å². The third-order valence-corrected chi connectivity index (χ3v) is 2.24. The zero-order valence-electron chi connectivity index (χ0n) is 10.5. The lowest BCUT2D eigenvalue weighted by Gasteiger charge is -2.10. The van der Waals surface area contributed by atoms with Crippen LogP contribution in [0.4, 0.5) is 0 Å². The van der Waals surface area contributed by atoms with Gasteiger partial charge in [-0.05, 0) is 12.1 Å². The van der Waals surface area contributed by atoms with Crippen LogP contribution in [0.15, 0.2) is 18.3 Å². The largest absolute Gasteiger partial charge is 0.489 e. The second-order valence-electron chi connectivity index (χ2n) is 3.80. The smallest absolute Gasteiger partial charge is 0.137 e. The van der Waals surface area contributed by atoms with Crippen LogP contribution in [0.2, 0.25) is 0 Å². The quantitative estimate of drug-likeness (QED) is 0.519. The molecule has 18 heavy (non-hydrogen) atoms. The number of rotatable bonds is 9. The molecule has 0 radical (unpaired) electrons. The summed E-state index contributed by atoms with van der Waals surface area (Å²) in [5.74, 6) is 0.572. The van der Waals surface area contributed by atoms with E-state index in [1.807, 2.05) is 6.07 Å². The molecule has 102 valence electrons. The van der Waals surface area contributed by atoms with E-state index in [2.05, 4.69) is 10.3 Å². The molecule has 0 saturated carbocycles. The van der Waals surface area contributed by atoms with Crippen LogP contribution in [0.5, 0.6) is 5.75 Å². The zero-order chi connectivity index (χ0) is 13.2. The van der Waals surface area contributed by atoms with E-state index in [9.17, 15) is 0 Å². The van der Waals surface area contributed by atoms with Crippen molar-refractivity contribution in [1.82, 2.24) is 10.3 Å². The summed E-state index contributed by atoms with van der Waals surface area (Å²) in [5.41, 5.74) is 0.904. The minimum atomic E-state index is -0.861. The van der Waals surface area contributed by atoms with Crippen LogP contribution < -0.4 is 10.1 Å². The number of pyridine rings is 1. The number of nitrogens with zero attached hydrogens (tertiary/aromatic N) is 1. The monoisotopic (exact) mass is 256 g/mol. The average Bonchev–Trinajstić information content (AvgIpc) is 2.42. The Morgan fingerprint density at radius 2 is 2.28 bits per heavy atom. The van der Waals surface area contributed by atoms with E-state index in [1.165, 1.54) is 0 Å². The van der Waals surface area contributed by atoms with Crippen molar-refractivity contribution in [3.8, 4) is 5.75 Å². The normalized spacial score (nSPS) is 12.4. The molecule has 1 aromatic heterocycles. The van der Waals surface area contributed by atoms with Crippen LogP contribution in [0.1, 0.15) is 5.69 Å². The minimum absolute atomic E-state index is 0.0591. The van der Waals surface area contributed by atoms with E-state index in [-0.39, 0.29) is 13.2 Å². The molecule has 1 unspecified atom stereocenters. The van der Waals surface area contributed by atoms with E-state index in [0.717, 1.165) is 12.2 Å². The van der Waals surface area contributed by atoms with Gasteiger partial charge in [-0.2, -0.15) is 0 Å². The predicted octanol–water partition coefficient (Wildman–Crippen LogP) is -0.450. The van der Waals surface area contributed by atoms with Crippen LogP contribution >= 0.6 is 0 Å². The van der Waals surface area contributed by atoms with Gasteiger partial charge in [0.05, 0.1) is 25.1 Å². The fraction of sp³-hybridized carbons (Fsp3) is 0.583. The molecule has 6 nitrogen and oxygen atoms in total. The van der Waals surface area contributed by atoms with Crippen LogP contribution in [-0.2, 0) is 11.3 Å². The maximum Gasteiger partial charge on any atom is 0.137 e. The third kappa shape index (κ3) is 5.92. The van der Waals surface area contributed by atoms with Crippen LogP contribution in [0, 0.1) is 0 Å². The van der Waals surface area contributed by atoms with Crippen molar-refractivity contribution in [2.75, 3.05) is 33.5 Å². The Labute approximate surface area is 107 Å². The highest BCUT2D eigenvalue weighted by Crippen LogP contribution is 2.09. The van der Waals surface area contributed by atoms with E-state index in [1.54, 1.807) is 19.4 Å². The molecule has 1 heterocycles. The standard InChI is InChI=1S/C12H20N2O4/c1-17-5-4-13-6-10-2-3-12(7-14-10)18-9-11(16)8-15/h2-3,7,11,13,15-16H,4-6,8-9H2,1H3. The number of aliphatic hydroxyl groups excluding tert-OH is 2. The minimum Gasteiger partial charge on any atom is -0.489 e. The molecule has 0 spiro atoms. The Bertz CT molecular complexity index is 318. The number of aromatic nitrogens is 1. The Hall–Kier alpha value is -1.21. The van der Waals surface area contributed by atoms with Gasteiger partial charge in [0.25, 0.3) is 0 Å². The summed E-state index contributed by atoms with van der Waals surface area (Å²) >= 11 is 0. The highest BCUT2D eigenvalue weighted by atomic mass is 16.5. The Balaban J connectivity index is 2.28. The average molecular weight is 256 g/mol. The summed E-state index contributed by atoms with van der Waals surface area (Å²) in [6.45, 7) is 1.86. The Morgan fingerprint density at radius 3 is 2.89 bits per heavy atom. The highest BCUT2D eigenvalue weighted by Gasteiger charge is 2.03. The predicted molar refractivity (Wildman–Crippen MR) is 66.4 cm³/mol. The number of ether oxygens (including phenoxy) is 2. The number of aliphatic hydroxyl groups is 2. The molecule has 0 aliphatic heterocycles. The molecular weight excluding hydrogens is 236 g/mol. The van der Waals surface area contributed by atoms with Gasteiger partial charge in [0.2, 0.25) is 0 Å². The molecule has 0 bridgehead atoms. The first-order valence-electron chi connectivity index (χ1n) is 5.82. The van der Waals surface area contributed by atoms with Crippen LogP contribution in [0.3, 0.4) is 0 Å². The van der Waals surface area contributed by atoms with E-state index < -0.39 is 6.10 Å². The van der Waals surface area contributed by atoms with Gasteiger partial charge in [0.15, 0.2) is 0 Å². The molecule has 0 aromatic carbocycles. The van der Waals surface area contributed by atoms with E-state index >= 15 is 0 Å². The summed E-state index contributed by atoms with van der Waals surface area (Å²) in [6, 6.07) is 3.63. The molecule has 1 aromatic rings. The van der Waals surface area contributed by atoms with Gasteiger partial charge in [0.1, 0.15) is 18.5 Å². The lowest BCUT2D eigenvalue weighted by atomic mass is 10.3. The second-order valence-corrected chi connectivity index (χ2v) is 3.80. The molecular formula is C12H20N2O4. The van der Waals surface area contributed by atoms with Crippen molar-refractivity contribution in [2.24, 2.45) is 0 Å². The lowest BCUT2D eigenvalue weighted by Crippen LogP contribution is -2.21. The number of hydrogen-bond donors (Lipinski definition) is 3. The maximum absolute atomic E-state index is 9.12. The van der Waals surface area contributed by atoms with Gasteiger partial charge in [-0.25, -0.2) is 0 Å². The van der Waals surface area contributed by atoms with Gasteiger partial charge in [-0.1, -0.05) is 0 Å². The molecule has 0 fully saturated rings. The number of methoxy groups -OCH3 is 1. The fourth-order valence-corrected chi connectivity index (χ4v) is 1.24. The molecule has 6 heteroatoms. The summed E-state index contributed by atoms with van der Waals surface area (Å²) in [5, 5.41) is 20.9. The SMILES string of the molecule is COCCNCc1ccc(OCC(O)CO)cn1. The molecule has 1 atom stereocenters. The van der Waals surface area contributed by atoms with Gasteiger partial charge >= 0.3 is 0 Å². The Morgan fingerprint density at radius 1 is 1.44 bits per heavy atom. The molecule has 0 aliphatic carbocycles. The van der Waals surface area contributed by atoms with Crippen molar-refractivity contribution in [3.05, 3.63) is 24.0 Å². The summed E-state index contributed by atoms with van der Waals surface area (Å²) < 4.78 is 10.2. The molecule has 0 aliphatic rings. The van der Waals surface area contributed by atoms with Gasteiger partial charge in [-0.15, -0.1) is 0 Å². The second kappa shape index (κ2) is 8.82. The summed E-state index contributed by atoms with van der Waals surface area (Å²) in [7, 11) is 1.66. The first kappa shape index (κ1) is 14.8. The van der Waals surface area contributed by atoms with Gasteiger partial charge < -0.3 is 25.0 Å². The number of hydrogen-bond acceptors (Lipinski definition) is 6. The number of nitrogens with one attached hydrogen (secondary N) is 1. The topological polar surface area (TPSA) is 83.8 Å². The maximum atomic E-state index is 9.12. The van der Waals surface area contributed by atoms with Crippen LogP contribution in [-0.4, -0.2) is 54.8 Å². The van der Waals surface area contributed by atoms with Gasteiger partial charge in [0, 0.05) is 20.2 Å². The Kier molecular flexibility index (Phi) is 7.28. The van der Waals surface area contributed by atoms with Crippen molar-refractivity contribution >= 4 is 0 Å². The van der Waals surface area contributed by atoms with Crippen molar-refractivity contribution in [2.45, 2.75) is 12.6 Å². The lowest BCUT2D eigenvalue weighted by molar-refractivity contribution is 0.0535. The first-order valence-corrected chi connectivity index (χ1v) is 5.82. The van der Waals surface area contributed by atoms with Gasteiger partial charge in [-0.3, -0.25) is 4.98 Å². The molecule has 0 saturated heterocycles. The zero-order valence-corrected chi connectivity index (χ0v) is 10.5. The molecule has 0 amide bonds. The van der Waals surface area contributed by atoms with Crippen molar-refractivity contribution in [3.63, 3.8) is 0 Å². The summed E-state index contributed by atoms with van der Waals surface area (Å²) in [4.78, 5) is 4.21. The summed E-state index contributed by atoms with van der Waals surface area (Å²) in [6.07, 6.45) is 0.734. The van der Waals surface area contributed by atoms with Crippen molar-refractivity contribution < 1.29 is 19.7 Å². The highest BCUT2D eigenvalue weighted by molar-refractivity contribution is 5.19. The van der Waals surface area contributed by atoms with Crippen molar-refractivity contribution in [1.29, 1.82) is 0 Å². The fourth-order valence-electron chi connectivity index (χ4n) is 1.24. The first-order chi connectivity index (χ1) is 8.76. The van der Waals surface area contributed by atoms with E-state index in [0.29, 0.717) is 18.9 Å². The third-order valence-electron chi connectivity index (χ3n) is 2.24. The van der Waals surface area contributed by atoms with E-state index in [4.69, 9.17) is 19.7 Å². The molecule has 3 N–H and O–H groups in total. The molecule has 1 rings (SSSR count).